The summed E-state index contributed by atoms with van der Waals surface area (Å²) < 4.78 is 0. The van der Waals surface area contributed by atoms with E-state index < -0.39 is 6.23 Å². The first-order valence-electron chi connectivity index (χ1n) is 11.3. The van der Waals surface area contributed by atoms with Gasteiger partial charge in [-0.05, 0) is 61.8 Å². The third-order valence-corrected chi connectivity index (χ3v) is 6.68. The molecule has 0 fully saturated rings. The lowest BCUT2D eigenvalue weighted by atomic mass is 9.70. The van der Waals surface area contributed by atoms with Crippen LogP contribution in [0.2, 0.25) is 0 Å². The molecule has 1 N–H and O–H groups in total. The lowest BCUT2D eigenvalue weighted by molar-refractivity contribution is -0.134. The monoisotopic (exact) mass is 423 g/mol. The van der Waals surface area contributed by atoms with Crippen LogP contribution in [0.5, 0.6) is 0 Å². The van der Waals surface area contributed by atoms with E-state index in [0.29, 0.717) is 5.57 Å². The minimum absolute atomic E-state index is 0.0852. The Morgan fingerprint density at radius 3 is 2.48 bits per heavy atom. The predicted octanol–water partition coefficient (Wildman–Crippen LogP) is 5.15. The normalized spacial score (nSPS) is 28.8. The van der Waals surface area contributed by atoms with Crippen LogP contribution in [0.15, 0.2) is 64.6 Å². The van der Waals surface area contributed by atoms with E-state index in [1.54, 1.807) is 6.92 Å². The fourth-order valence-electron chi connectivity index (χ4n) is 4.91. The van der Waals surface area contributed by atoms with Crippen LogP contribution in [0.3, 0.4) is 0 Å². The van der Waals surface area contributed by atoms with Crippen molar-refractivity contribution in [1.29, 1.82) is 0 Å². The number of likely N-dealkylation sites (N-methyl/N-ethyl adjacent to an activating group) is 1. The van der Waals surface area contributed by atoms with Crippen molar-refractivity contribution in [1.82, 2.24) is 9.91 Å². The maximum atomic E-state index is 12.9. The van der Waals surface area contributed by atoms with E-state index in [0.717, 1.165) is 25.1 Å². The highest BCUT2D eigenvalue weighted by Gasteiger charge is 2.44. The first kappa shape index (κ1) is 23.3. The van der Waals surface area contributed by atoms with Gasteiger partial charge >= 0.3 is 0 Å². The van der Waals surface area contributed by atoms with Gasteiger partial charge in [0.1, 0.15) is 6.23 Å². The van der Waals surface area contributed by atoms with Gasteiger partial charge in [0.05, 0.1) is 11.3 Å². The highest BCUT2D eigenvalue weighted by Crippen LogP contribution is 2.54. The Hall–Kier alpha value is -2.40. The van der Waals surface area contributed by atoms with Crippen LogP contribution in [0.1, 0.15) is 61.3 Å². The molecule has 0 aromatic heterocycles. The maximum absolute atomic E-state index is 12.9. The molecule has 0 aromatic carbocycles. The molecule has 31 heavy (non-hydrogen) atoms. The molecule has 2 unspecified atom stereocenters. The maximum Gasteiger partial charge on any atom is 0.278 e. The number of hydrogen-bond donors (Lipinski definition) is 1. The van der Waals surface area contributed by atoms with Crippen molar-refractivity contribution in [3.8, 4) is 0 Å². The van der Waals surface area contributed by atoms with Crippen LogP contribution in [0.4, 0.5) is 0 Å². The lowest BCUT2D eigenvalue weighted by Gasteiger charge is -2.33. The summed E-state index contributed by atoms with van der Waals surface area (Å²) in [5.41, 5.74) is 5.13. The van der Waals surface area contributed by atoms with E-state index in [1.807, 2.05) is 26.0 Å². The molecule has 5 heteroatoms. The first-order chi connectivity index (χ1) is 14.5. The second kappa shape index (κ2) is 8.27. The van der Waals surface area contributed by atoms with Crippen LogP contribution in [-0.4, -0.2) is 39.4 Å². The van der Waals surface area contributed by atoms with Crippen molar-refractivity contribution in [3.63, 3.8) is 0 Å². The van der Waals surface area contributed by atoms with Gasteiger partial charge in [0.15, 0.2) is 0 Å². The van der Waals surface area contributed by atoms with Gasteiger partial charge in [0.25, 0.3) is 5.91 Å². The minimum Gasteiger partial charge on any atom is -0.372 e. The van der Waals surface area contributed by atoms with Crippen LogP contribution < -0.4 is 0 Å². The Balaban J connectivity index is 2.02. The second-order valence-electron chi connectivity index (χ2n) is 9.94. The van der Waals surface area contributed by atoms with Gasteiger partial charge in [-0.2, -0.15) is 5.10 Å². The third kappa shape index (κ3) is 3.96. The quantitative estimate of drug-likeness (QED) is 0.475. The van der Waals surface area contributed by atoms with Crippen molar-refractivity contribution in [2.24, 2.45) is 21.8 Å². The number of carbonyl (C=O) groups is 1. The predicted molar refractivity (Wildman–Crippen MR) is 127 cm³/mol. The van der Waals surface area contributed by atoms with Gasteiger partial charge in [0.2, 0.25) is 0 Å². The highest BCUT2D eigenvalue weighted by molar-refractivity contribution is 6.25. The standard InChI is InChI=1S/C26H37N3O2/c1-9-14-26(8)15-13-21-20(16-26)25(6,7)22(28(21)10-2)12-11-19-23(17(3)4)27-29(18(5)30)24(19)31/h9,11-13,15,17-18,30H,1,10,14,16H2,2-8H3/b19-11+,22-12-. The molecule has 2 aliphatic heterocycles. The molecule has 3 rings (SSSR count). The van der Waals surface area contributed by atoms with Crippen molar-refractivity contribution >= 4 is 11.6 Å². The van der Waals surface area contributed by atoms with E-state index in [9.17, 15) is 9.90 Å². The summed E-state index contributed by atoms with van der Waals surface area (Å²) in [6.45, 7) is 19.4. The molecular formula is C26H37N3O2. The van der Waals surface area contributed by atoms with Crippen molar-refractivity contribution < 1.29 is 9.90 Å². The molecule has 2 heterocycles. The first-order valence-corrected chi connectivity index (χ1v) is 11.3. The molecule has 0 bridgehead atoms. The molecule has 3 aliphatic rings. The number of allylic oxidation sites excluding steroid dienone is 6. The fourth-order valence-corrected chi connectivity index (χ4v) is 4.91. The van der Waals surface area contributed by atoms with Crippen LogP contribution in [0, 0.1) is 16.7 Å². The topological polar surface area (TPSA) is 56.1 Å². The summed E-state index contributed by atoms with van der Waals surface area (Å²) in [6, 6.07) is 0. The smallest absolute Gasteiger partial charge is 0.278 e. The second-order valence-corrected chi connectivity index (χ2v) is 9.94. The summed E-state index contributed by atoms with van der Waals surface area (Å²) >= 11 is 0. The molecule has 1 amide bonds. The van der Waals surface area contributed by atoms with Gasteiger partial charge in [-0.3, -0.25) is 4.79 Å². The van der Waals surface area contributed by atoms with Crippen LogP contribution in [0.25, 0.3) is 0 Å². The van der Waals surface area contributed by atoms with Gasteiger partial charge in [-0.1, -0.05) is 46.8 Å². The highest BCUT2D eigenvalue weighted by atomic mass is 16.3. The third-order valence-electron chi connectivity index (χ3n) is 6.68. The lowest BCUT2D eigenvalue weighted by Crippen LogP contribution is -2.31. The zero-order chi connectivity index (χ0) is 23.1. The van der Waals surface area contributed by atoms with E-state index in [4.69, 9.17) is 0 Å². The molecule has 1 aliphatic carbocycles. The van der Waals surface area contributed by atoms with E-state index >= 15 is 0 Å². The zero-order valence-corrected chi connectivity index (χ0v) is 20.1. The number of aliphatic hydroxyl groups is 1. The molecule has 5 nitrogen and oxygen atoms in total. The summed E-state index contributed by atoms with van der Waals surface area (Å²) in [4.78, 5) is 15.3. The Morgan fingerprint density at radius 1 is 1.26 bits per heavy atom. The van der Waals surface area contributed by atoms with E-state index in [-0.39, 0.29) is 22.7 Å². The van der Waals surface area contributed by atoms with Gasteiger partial charge < -0.3 is 10.0 Å². The van der Waals surface area contributed by atoms with Crippen LogP contribution >= 0.6 is 0 Å². The summed E-state index contributed by atoms with van der Waals surface area (Å²) in [7, 11) is 0. The van der Waals surface area contributed by atoms with Gasteiger partial charge in [0, 0.05) is 23.4 Å². The van der Waals surface area contributed by atoms with Crippen molar-refractivity contribution in [2.45, 2.75) is 67.5 Å². The average Bonchev–Trinajstić information content (AvgIpc) is 3.12. The molecule has 0 saturated carbocycles. The molecule has 0 spiro atoms. The number of hydrazone groups is 1. The largest absolute Gasteiger partial charge is 0.372 e. The van der Waals surface area contributed by atoms with Crippen LogP contribution in [-0.2, 0) is 4.79 Å². The molecule has 0 aromatic rings. The Morgan fingerprint density at radius 2 is 1.94 bits per heavy atom. The Bertz CT molecular complexity index is 930. The fraction of sp³-hybridized carbons (Fsp3) is 0.538. The van der Waals surface area contributed by atoms with Gasteiger partial charge in [-0.15, -0.1) is 6.58 Å². The summed E-state index contributed by atoms with van der Waals surface area (Å²) in [6.07, 6.45) is 11.6. The molecule has 0 radical (unpaired) electrons. The molecule has 168 valence electrons. The number of rotatable bonds is 6. The van der Waals surface area contributed by atoms with E-state index in [2.05, 4.69) is 62.5 Å². The summed E-state index contributed by atoms with van der Waals surface area (Å²) in [5, 5.41) is 15.5. The number of amides is 1. The number of nitrogens with zero attached hydrogens (tertiary/aromatic N) is 3. The molecular weight excluding hydrogens is 386 g/mol. The summed E-state index contributed by atoms with van der Waals surface area (Å²) in [5.74, 6) is -0.157. The Kier molecular flexibility index (Phi) is 6.21. The zero-order valence-electron chi connectivity index (χ0n) is 20.1. The molecule has 0 saturated heterocycles. The number of hydrogen-bond acceptors (Lipinski definition) is 4. The van der Waals surface area contributed by atoms with Crippen molar-refractivity contribution in [2.75, 3.05) is 6.54 Å². The van der Waals surface area contributed by atoms with E-state index in [1.165, 1.54) is 22.0 Å². The minimum atomic E-state index is -0.948. The average molecular weight is 424 g/mol. The number of carbonyl (C=O) groups excluding carboxylic acids is 1. The SMILES string of the molecule is C=CCC1(C)C=CC2=C(C1)C(C)(C)/C(=C/C=C1/C(=O)N(C(C)O)N=C1C(C)C)N2CC. The number of aliphatic hydroxyl groups excluding tert-OH is 1. The molecule has 2 atom stereocenters. The van der Waals surface area contributed by atoms with Gasteiger partial charge in [-0.25, -0.2) is 5.01 Å². The Labute approximate surface area is 187 Å². The van der Waals surface area contributed by atoms with Crippen molar-refractivity contribution in [3.05, 3.63) is 59.5 Å².